The van der Waals surface area contributed by atoms with Crippen LogP contribution in [0.1, 0.15) is 35.1 Å². The third kappa shape index (κ3) is 5.75. The second-order valence-electron chi connectivity index (χ2n) is 6.71. The molecule has 2 aromatic rings. The number of hydrogen-bond donors (Lipinski definition) is 2. The van der Waals surface area contributed by atoms with Gasteiger partial charge in [0.1, 0.15) is 17.3 Å². The maximum absolute atomic E-state index is 12.9. The van der Waals surface area contributed by atoms with Crippen LogP contribution in [0.4, 0.5) is 32.2 Å². The summed E-state index contributed by atoms with van der Waals surface area (Å²) in [6, 6.07) is 1.57. The normalized spacial score (nSPS) is 13.1. The minimum atomic E-state index is -4.85. The second kappa shape index (κ2) is 8.48. The molecule has 0 spiro atoms. The predicted molar refractivity (Wildman–Crippen MR) is 99.3 cm³/mol. The van der Waals surface area contributed by atoms with Crippen LogP contribution in [0.2, 0.25) is 0 Å². The summed E-state index contributed by atoms with van der Waals surface area (Å²) in [7, 11) is 3.61. The van der Waals surface area contributed by atoms with Gasteiger partial charge in [-0.2, -0.15) is 26.3 Å². The number of halogens is 6. The Labute approximate surface area is 164 Å². The highest BCUT2D eigenvalue weighted by Gasteiger charge is 2.36. The number of imidazole rings is 1. The van der Waals surface area contributed by atoms with E-state index >= 15 is 0 Å². The van der Waals surface area contributed by atoms with Crippen LogP contribution >= 0.6 is 0 Å². The van der Waals surface area contributed by atoms with E-state index in [-0.39, 0.29) is 24.7 Å². The molecule has 0 radical (unpaired) electrons. The van der Waals surface area contributed by atoms with Gasteiger partial charge in [0.2, 0.25) is 0 Å². The van der Waals surface area contributed by atoms with Gasteiger partial charge in [-0.1, -0.05) is 5.57 Å². The maximum atomic E-state index is 12.9. The number of benzene rings is 1. The Morgan fingerprint density at radius 3 is 2.10 bits per heavy atom. The molecule has 0 bridgehead atoms. The van der Waals surface area contributed by atoms with Crippen LogP contribution in [0.15, 0.2) is 23.8 Å². The van der Waals surface area contributed by atoms with Gasteiger partial charge in [-0.05, 0) is 43.7 Å². The fraction of sp³-hybridized carbons (Fsp3) is 0.421. The van der Waals surface area contributed by atoms with E-state index in [4.69, 9.17) is 0 Å². The van der Waals surface area contributed by atoms with Crippen molar-refractivity contribution in [3.05, 3.63) is 52.0 Å². The Kier molecular flexibility index (Phi) is 6.67. The van der Waals surface area contributed by atoms with Gasteiger partial charge in [0, 0.05) is 27.2 Å². The van der Waals surface area contributed by atoms with Crippen molar-refractivity contribution in [1.82, 2.24) is 14.9 Å². The number of nitrogens with zero attached hydrogens (tertiary/aromatic N) is 2. The third-order valence-electron chi connectivity index (χ3n) is 4.35. The van der Waals surface area contributed by atoms with Crippen LogP contribution in [0.3, 0.4) is 0 Å². The topological polar surface area (TPSA) is 41.9 Å². The molecule has 1 heterocycles. The quantitative estimate of drug-likeness (QED) is 0.647. The molecule has 0 saturated carbocycles. The lowest BCUT2D eigenvalue weighted by atomic mass is 10.0. The highest BCUT2D eigenvalue weighted by molar-refractivity contribution is 5.62. The van der Waals surface area contributed by atoms with Crippen molar-refractivity contribution in [3.8, 4) is 0 Å². The molecule has 1 aromatic heterocycles. The zero-order valence-corrected chi connectivity index (χ0v) is 16.4. The van der Waals surface area contributed by atoms with Crippen molar-refractivity contribution < 1.29 is 26.3 Å². The first-order valence-corrected chi connectivity index (χ1v) is 8.70. The Hall–Kier alpha value is -2.49. The molecule has 10 heteroatoms. The molecule has 4 nitrogen and oxygen atoms in total. The molecular weight excluding hydrogens is 398 g/mol. The van der Waals surface area contributed by atoms with E-state index in [0.29, 0.717) is 5.69 Å². The van der Waals surface area contributed by atoms with E-state index < -0.39 is 23.5 Å². The first-order valence-electron chi connectivity index (χ1n) is 8.70. The van der Waals surface area contributed by atoms with Crippen molar-refractivity contribution in [3.63, 3.8) is 0 Å². The molecule has 1 aromatic carbocycles. The standard InChI is InChI=1S/C19H22F6N4/c1-11(5-16-17(26-3)29(4)12(2)28-16)9-27-10-13-6-14(18(20,21)22)8-15(7-13)19(23,24)25/h5-8,26-27H,9-10H2,1-4H3/b11-5+. The minimum Gasteiger partial charge on any atom is -0.373 e. The molecule has 0 aliphatic heterocycles. The Morgan fingerprint density at radius 2 is 1.62 bits per heavy atom. The van der Waals surface area contributed by atoms with Crippen molar-refractivity contribution in [2.45, 2.75) is 32.7 Å². The lowest BCUT2D eigenvalue weighted by Gasteiger charge is -2.14. The summed E-state index contributed by atoms with van der Waals surface area (Å²) in [5.41, 5.74) is -1.21. The summed E-state index contributed by atoms with van der Waals surface area (Å²) in [5.74, 6) is 1.60. The zero-order valence-electron chi connectivity index (χ0n) is 16.4. The molecule has 0 aliphatic rings. The molecule has 0 atom stereocenters. The average molecular weight is 420 g/mol. The second-order valence-corrected chi connectivity index (χ2v) is 6.71. The first kappa shape index (κ1) is 22.8. The number of nitrogens with one attached hydrogen (secondary N) is 2. The monoisotopic (exact) mass is 420 g/mol. The first-order chi connectivity index (χ1) is 13.3. The van der Waals surface area contributed by atoms with Gasteiger partial charge in [-0.15, -0.1) is 0 Å². The smallest absolute Gasteiger partial charge is 0.373 e. The number of rotatable bonds is 6. The highest BCUT2D eigenvalue weighted by atomic mass is 19.4. The maximum Gasteiger partial charge on any atom is 0.416 e. The molecule has 29 heavy (non-hydrogen) atoms. The predicted octanol–water partition coefficient (Wildman–Crippen LogP) is 5.00. The van der Waals surface area contributed by atoms with Crippen LogP contribution in [-0.2, 0) is 25.9 Å². The van der Waals surface area contributed by atoms with Gasteiger partial charge in [0.15, 0.2) is 0 Å². The molecule has 0 unspecified atom stereocenters. The molecular formula is C19H22F6N4. The molecule has 0 saturated heterocycles. The number of hydrogen-bond acceptors (Lipinski definition) is 3. The van der Waals surface area contributed by atoms with Crippen molar-refractivity contribution in [1.29, 1.82) is 0 Å². The Morgan fingerprint density at radius 1 is 1.07 bits per heavy atom. The van der Waals surface area contributed by atoms with Gasteiger partial charge in [0.25, 0.3) is 0 Å². The summed E-state index contributed by atoms with van der Waals surface area (Å²) in [6.07, 6.45) is -7.91. The Balaban J connectivity index is 2.15. The summed E-state index contributed by atoms with van der Waals surface area (Å²) >= 11 is 0. The van der Waals surface area contributed by atoms with Gasteiger partial charge < -0.3 is 15.2 Å². The van der Waals surface area contributed by atoms with Crippen LogP contribution in [-0.4, -0.2) is 23.1 Å². The molecule has 2 rings (SSSR count). The fourth-order valence-electron chi connectivity index (χ4n) is 2.84. The van der Waals surface area contributed by atoms with Crippen LogP contribution in [0.5, 0.6) is 0 Å². The number of aromatic nitrogens is 2. The average Bonchev–Trinajstić information content (AvgIpc) is 2.86. The molecule has 0 amide bonds. The van der Waals surface area contributed by atoms with Gasteiger partial charge in [-0.25, -0.2) is 4.98 Å². The number of aryl methyl sites for hydroxylation is 1. The van der Waals surface area contributed by atoms with E-state index in [1.807, 2.05) is 18.5 Å². The number of alkyl halides is 6. The summed E-state index contributed by atoms with van der Waals surface area (Å²) in [5, 5.41) is 5.92. The highest BCUT2D eigenvalue weighted by Crippen LogP contribution is 2.36. The third-order valence-corrected chi connectivity index (χ3v) is 4.35. The van der Waals surface area contributed by atoms with Gasteiger partial charge in [-0.3, -0.25) is 0 Å². The molecule has 2 N–H and O–H groups in total. The van der Waals surface area contributed by atoms with E-state index in [1.165, 1.54) is 0 Å². The summed E-state index contributed by atoms with van der Waals surface area (Å²) < 4.78 is 79.4. The van der Waals surface area contributed by atoms with E-state index in [1.54, 1.807) is 20.0 Å². The summed E-state index contributed by atoms with van der Waals surface area (Å²) in [6.45, 7) is 3.77. The minimum absolute atomic E-state index is 0.0930. The molecule has 160 valence electrons. The van der Waals surface area contributed by atoms with Crippen molar-refractivity contribution in [2.24, 2.45) is 7.05 Å². The zero-order chi connectivity index (χ0) is 22.0. The molecule has 0 aliphatic carbocycles. The SMILES string of the molecule is CNc1c(/C=C(\C)CNCc2cc(C(F)(F)F)cc(C(F)(F)F)c2)nc(C)n1C. The van der Waals surface area contributed by atoms with E-state index in [9.17, 15) is 26.3 Å². The fourth-order valence-corrected chi connectivity index (χ4v) is 2.84. The molecule has 0 fully saturated rings. The van der Waals surface area contributed by atoms with E-state index in [2.05, 4.69) is 15.6 Å². The summed E-state index contributed by atoms with van der Waals surface area (Å²) in [4.78, 5) is 4.41. The lowest BCUT2D eigenvalue weighted by molar-refractivity contribution is -0.143. The largest absolute Gasteiger partial charge is 0.416 e. The van der Waals surface area contributed by atoms with Crippen molar-refractivity contribution in [2.75, 3.05) is 18.9 Å². The van der Waals surface area contributed by atoms with Crippen LogP contribution < -0.4 is 10.6 Å². The van der Waals surface area contributed by atoms with Gasteiger partial charge in [0.05, 0.1) is 11.1 Å². The lowest BCUT2D eigenvalue weighted by Crippen LogP contribution is -2.18. The Bertz CT molecular complexity index is 861. The van der Waals surface area contributed by atoms with E-state index in [0.717, 1.165) is 29.3 Å². The number of anilines is 1. The van der Waals surface area contributed by atoms with Crippen LogP contribution in [0, 0.1) is 6.92 Å². The van der Waals surface area contributed by atoms with Crippen LogP contribution in [0.25, 0.3) is 6.08 Å². The van der Waals surface area contributed by atoms with Crippen molar-refractivity contribution >= 4 is 11.9 Å². The van der Waals surface area contributed by atoms with Gasteiger partial charge >= 0.3 is 12.4 Å².